The quantitative estimate of drug-likeness (QED) is 0.603. The summed E-state index contributed by atoms with van der Waals surface area (Å²) in [4.78, 5) is 17.6. The van der Waals surface area contributed by atoms with E-state index in [0.29, 0.717) is 41.4 Å². The van der Waals surface area contributed by atoms with E-state index in [4.69, 9.17) is 4.74 Å². The molecule has 32 heavy (non-hydrogen) atoms. The molecule has 0 saturated heterocycles. The standard InChI is InChI=1S/C23H22FN5O2S/c1-3-31-21-17-12-15(7-8-18(17)27-22(25-2)29-21)13-19-20(30)28-23(32-19)26-10-9-14-5-4-6-16(24)11-14/h4-8,11-13,30H,3,9-10H2,1-2H3,(H,26,28)/b15-13-,25-22?. The third-order valence-corrected chi connectivity index (χ3v) is 5.61. The molecule has 9 heteroatoms. The van der Waals surface area contributed by atoms with Gasteiger partial charge in [0.1, 0.15) is 5.82 Å². The van der Waals surface area contributed by atoms with Gasteiger partial charge in [0.2, 0.25) is 17.7 Å². The van der Waals surface area contributed by atoms with Crippen LogP contribution in [0, 0.1) is 5.82 Å². The number of nitrogens with one attached hydrogen (secondary N) is 1. The summed E-state index contributed by atoms with van der Waals surface area (Å²) in [6, 6.07) is 12.2. The summed E-state index contributed by atoms with van der Waals surface area (Å²) in [7, 11) is 1.63. The zero-order valence-electron chi connectivity index (χ0n) is 17.7. The lowest BCUT2D eigenvalue weighted by Crippen LogP contribution is -2.27. The Morgan fingerprint density at radius 2 is 2.09 bits per heavy atom. The Bertz CT molecular complexity index is 1320. The number of hydrogen-bond donors (Lipinski definition) is 2. The third kappa shape index (κ3) is 5.00. The van der Waals surface area contributed by atoms with Gasteiger partial charge >= 0.3 is 0 Å². The average Bonchev–Trinajstić information content (AvgIpc) is 3.13. The summed E-state index contributed by atoms with van der Waals surface area (Å²) in [6.07, 6.45) is 2.49. The number of guanidine groups is 1. The van der Waals surface area contributed by atoms with Gasteiger partial charge in [0.05, 0.1) is 22.4 Å². The Labute approximate surface area is 188 Å². The van der Waals surface area contributed by atoms with Gasteiger partial charge in [0, 0.05) is 13.6 Å². The second-order valence-corrected chi connectivity index (χ2v) is 7.95. The van der Waals surface area contributed by atoms with Crippen molar-refractivity contribution in [2.75, 3.05) is 25.5 Å². The highest BCUT2D eigenvalue weighted by Gasteiger charge is 2.15. The summed E-state index contributed by atoms with van der Waals surface area (Å²) >= 11 is 1.34. The van der Waals surface area contributed by atoms with Crippen LogP contribution in [0.2, 0.25) is 0 Å². The molecular formula is C23H22FN5O2S. The first kappa shape index (κ1) is 21.6. The fourth-order valence-electron chi connectivity index (χ4n) is 3.19. The Balaban J connectivity index is 1.54. The SMILES string of the molecule is CCOC1=NC(=NC)N=c2cc/c(=C/c3sc(NCCc4cccc(F)c4)nc3O)cc21. The van der Waals surface area contributed by atoms with Gasteiger partial charge in [-0.1, -0.05) is 29.5 Å². The van der Waals surface area contributed by atoms with E-state index in [1.807, 2.05) is 37.3 Å². The van der Waals surface area contributed by atoms with Crippen LogP contribution in [0.15, 0.2) is 57.4 Å². The van der Waals surface area contributed by atoms with Gasteiger partial charge in [-0.05, 0) is 54.5 Å². The molecule has 0 radical (unpaired) electrons. The molecule has 0 unspecified atom stereocenters. The van der Waals surface area contributed by atoms with E-state index >= 15 is 0 Å². The van der Waals surface area contributed by atoms with E-state index in [-0.39, 0.29) is 11.7 Å². The topological polar surface area (TPSA) is 91.5 Å². The van der Waals surface area contributed by atoms with Gasteiger partial charge in [-0.25, -0.2) is 9.38 Å². The number of aromatic nitrogens is 1. The Morgan fingerprint density at radius 3 is 2.88 bits per heavy atom. The third-order valence-electron chi connectivity index (χ3n) is 4.67. The molecule has 0 spiro atoms. The van der Waals surface area contributed by atoms with Crippen LogP contribution >= 0.6 is 11.3 Å². The molecule has 3 aromatic rings. The zero-order valence-corrected chi connectivity index (χ0v) is 18.5. The Morgan fingerprint density at radius 1 is 1.22 bits per heavy atom. The van der Waals surface area contributed by atoms with Gasteiger partial charge in [-0.3, -0.25) is 4.99 Å². The number of benzene rings is 2. The minimum Gasteiger partial charge on any atom is -0.492 e. The van der Waals surface area contributed by atoms with E-state index in [2.05, 4.69) is 25.3 Å². The lowest BCUT2D eigenvalue weighted by atomic mass is 10.1. The van der Waals surface area contributed by atoms with E-state index in [0.717, 1.165) is 21.7 Å². The highest BCUT2D eigenvalue weighted by atomic mass is 32.1. The Hall–Kier alpha value is -3.59. The Kier molecular flexibility index (Phi) is 6.55. The maximum absolute atomic E-state index is 13.3. The molecule has 1 aliphatic heterocycles. The molecule has 0 amide bonds. The number of aromatic hydroxyl groups is 1. The fourth-order valence-corrected chi connectivity index (χ4v) is 4.04. The molecule has 4 rings (SSSR count). The van der Waals surface area contributed by atoms with Crippen LogP contribution in [-0.4, -0.2) is 42.1 Å². The molecule has 0 aliphatic carbocycles. The predicted molar refractivity (Wildman–Crippen MR) is 125 cm³/mol. The van der Waals surface area contributed by atoms with Crippen molar-refractivity contribution in [2.24, 2.45) is 15.0 Å². The molecule has 2 heterocycles. The van der Waals surface area contributed by atoms with Crippen molar-refractivity contribution in [3.63, 3.8) is 0 Å². The van der Waals surface area contributed by atoms with Crippen LogP contribution in [0.1, 0.15) is 22.9 Å². The van der Waals surface area contributed by atoms with Crippen LogP contribution in [0.25, 0.3) is 6.08 Å². The number of halogens is 1. The van der Waals surface area contributed by atoms with Crippen molar-refractivity contribution < 1.29 is 14.2 Å². The summed E-state index contributed by atoms with van der Waals surface area (Å²) in [5, 5.41) is 15.6. The minimum absolute atomic E-state index is 0.0511. The number of nitrogens with zero attached hydrogens (tertiary/aromatic N) is 4. The number of hydrogen-bond acceptors (Lipinski definition) is 6. The number of thiazole rings is 1. The summed E-state index contributed by atoms with van der Waals surface area (Å²) in [5.41, 5.74) is 1.66. The molecular weight excluding hydrogens is 429 g/mol. The molecule has 0 atom stereocenters. The monoisotopic (exact) mass is 451 g/mol. The maximum atomic E-state index is 13.3. The van der Waals surface area contributed by atoms with Crippen LogP contribution in [0.3, 0.4) is 0 Å². The van der Waals surface area contributed by atoms with Crippen LogP contribution in [0.5, 0.6) is 5.88 Å². The first-order valence-electron chi connectivity index (χ1n) is 10.1. The number of rotatable bonds is 6. The summed E-state index contributed by atoms with van der Waals surface area (Å²) in [5.74, 6) is 0.540. The molecule has 7 nitrogen and oxygen atoms in total. The molecule has 1 aliphatic rings. The van der Waals surface area contributed by atoms with Gasteiger partial charge in [-0.2, -0.15) is 9.98 Å². The van der Waals surface area contributed by atoms with E-state index < -0.39 is 0 Å². The van der Waals surface area contributed by atoms with Crippen molar-refractivity contribution >= 4 is 34.4 Å². The molecule has 1 aromatic heterocycles. The van der Waals surface area contributed by atoms with Crippen LogP contribution < -0.4 is 15.9 Å². The van der Waals surface area contributed by atoms with Crippen molar-refractivity contribution in [1.29, 1.82) is 0 Å². The van der Waals surface area contributed by atoms with Gasteiger partial charge in [0.15, 0.2) is 5.13 Å². The van der Waals surface area contributed by atoms with Crippen molar-refractivity contribution in [3.05, 3.63) is 74.9 Å². The number of anilines is 1. The van der Waals surface area contributed by atoms with Crippen LogP contribution in [0.4, 0.5) is 9.52 Å². The molecule has 0 bridgehead atoms. The molecule has 0 fully saturated rings. The molecule has 2 aromatic carbocycles. The zero-order chi connectivity index (χ0) is 22.5. The van der Waals surface area contributed by atoms with Gasteiger partial charge in [0.25, 0.3) is 0 Å². The van der Waals surface area contributed by atoms with Gasteiger partial charge in [-0.15, -0.1) is 0 Å². The second kappa shape index (κ2) is 9.69. The second-order valence-electron chi connectivity index (χ2n) is 6.92. The van der Waals surface area contributed by atoms with E-state index in [9.17, 15) is 9.50 Å². The number of fused-ring (bicyclic) bond motifs is 1. The molecule has 2 N–H and O–H groups in total. The highest BCUT2D eigenvalue weighted by Crippen LogP contribution is 2.28. The largest absolute Gasteiger partial charge is 0.492 e. The fraction of sp³-hybridized carbons (Fsp3) is 0.217. The smallest absolute Gasteiger partial charge is 0.248 e. The highest BCUT2D eigenvalue weighted by molar-refractivity contribution is 7.16. The first-order valence-corrected chi connectivity index (χ1v) is 10.9. The molecule has 0 saturated carbocycles. The lowest BCUT2D eigenvalue weighted by molar-refractivity contribution is 0.328. The van der Waals surface area contributed by atoms with E-state index in [1.165, 1.54) is 23.5 Å². The summed E-state index contributed by atoms with van der Waals surface area (Å²) < 4.78 is 19.0. The predicted octanol–water partition coefficient (Wildman–Crippen LogP) is 2.87. The van der Waals surface area contributed by atoms with Crippen molar-refractivity contribution in [2.45, 2.75) is 13.3 Å². The van der Waals surface area contributed by atoms with Crippen LogP contribution in [-0.2, 0) is 11.2 Å². The minimum atomic E-state index is -0.250. The number of ether oxygens (including phenoxy) is 1. The number of aliphatic imine (C=N–C) groups is 2. The first-order chi connectivity index (χ1) is 15.6. The molecule has 164 valence electrons. The van der Waals surface area contributed by atoms with Crippen molar-refractivity contribution in [3.8, 4) is 5.88 Å². The lowest BCUT2D eigenvalue weighted by Gasteiger charge is -2.11. The maximum Gasteiger partial charge on any atom is 0.248 e. The summed E-state index contributed by atoms with van der Waals surface area (Å²) in [6.45, 7) is 2.94. The average molecular weight is 452 g/mol. The normalized spacial score (nSPS) is 14.7. The van der Waals surface area contributed by atoms with E-state index in [1.54, 1.807) is 13.1 Å². The van der Waals surface area contributed by atoms with Gasteiger partial charge < -0.3 is 15.2 Å². The van der Waals surface area contributed by atoms with Crippen molar-refractivity contribution in [1.82, 2.24) is 4.98 Å².